The maximum atomic E-state index is 10.6. The number of rotatable bonds is 6. The van der Waals surface area contributed by atoms with Gasteiger partial charge in [-0.3, -0.25) is 4.90 Å². The van der Waals surface area contributed by atoms with Gasteiger partial charge in [-0.25, -0.2) is 0 Å². The molecule has 1 aliphatic heterocycles. The predicted octanol–water partition coefficient (Wildman–Crippen LogP) is 2.03. The van der Waals surface area contributed by atoms with Gasteiger partial charge < -0.3 is 14.3 Å². The molecule has 104 valence electrons. The Labute approximate surface area is 121 Å². The molecule has 1 unspecified atom stereocenters. The van der Waals surface area contributed by atoms with Gasteiger partial charge in [-0.1, -0.05) is 28.1 Å². The number of alkyl halides is 1. The zero-order valence-corrected chi connectivity index (χ0v) is 12.3. The number of benzene rings is 1. The van der Waals surface area contributed by atoms with Crippen molar-refractivity contribution in [2.75, 3.05) is 39.5 Å². The third-order valence-electron chi connectivity index (χ3n) is 3.10. The molecular formula is C14H18BrNO3. The van der Waals surface area contributed by atoms with Gasteiger partial charge in [0.05, 0.1) is 18.0 Å². The summed E-state index contributed by atoms with van der Waals surface area (Å²) in [6.45, 7) is 5.17. The summed E-state index contributed by atoms with van der Waals surface area (Å²) in [6.07, 6.45) is 0.869. The van der Waals surface area contributed by atoms with Gasteiger partial charge >= 0.3 is 0 Å². The van der Waals surface area contributed by atoms with Crippen molar-refractivity contribution in [3.05, 3.63) is 29.8 Å². The number of halogens is 1. The van der Waals surface area contributed by atoms with Gasteiger partial charge in [0.25, 0.3) is 0 Å². The maximum absolute atomic E-state index is 10.6. The molecule has 0 amide bonds. The number of hydrogen-bond donors (Lipinski definition) is 0. The number of ether oxygens (including phenoxy) is 2. The highest BCUT2D eigenvalue weighted by Gasteiger charge is 2.10. The second kappa shape index (κ2) is 7.62. The molecule has 0 N–H and O–H groups in total. The van der Waals surface area contributed by atoms with Crippen LogP contribution in [0.4, 0.5) is 0 Å². The molecule has 0 aliphatic carbocycles. The Morgan fingerprint density at radius 2 is 2.00 bits per heavy atom. The van der Waals surface area contributed by atoms with Gasteiger partial charge in [-0.05, 0) is 17.7 Å². The molecular weight excluding hydrogens is 310 g/mol. The minimum absolute atomic E-state index is 0.241. The summed E-state index contributed by atoms with van der Waals surface area (Å²) in [5.41, 5.74) is 0.940. The number of morpholine rings is 1. The SMILES string of the molecule is O=CC(Br)c1ccc(OCCN2CCOCC2)cc1. The van der Waals surface area contributed by atoms with E-state index in [1.54, 1.807) is 0 Å². The summed E-state index contributed by atoms with van der Waals surface area (Å²) in [5.74, 6) is 0.836. The highest BCUT2D eigenvalue weighted by molar-refractivity contribution is 9.09. The van der Waals surface area contributed by atoms with E-state index in [1.807, 2.05) is 24.3 Å². The van der Waals surface area contributed by atoms with E-state index < -0.39 is 0 Å². The van der Waals surface area contributed by atoms with Crippen molar-refractivity contribution >= 4 is 22.2 Å². The van der Waals surface area contributed by atoms with Crippen LogP contribution in [0.1, 0.15) is 10.4 Å². The molecule has 0 spiro atoms. The van der Waals surface area contributed by atoms with Crippen molar-refractivity contribution in [3.63, 3.8) is 0 Å². The summed E-state index contributed by atoms with van der Waals surface area (Å²) >= 11 is 3.29. The van der Waals surface area contributed by atoms with Crippen molar-refractivity contribution in [2.24, 2.45) is 0 Å². The summed E-state index contributed by atoms with van der Waals surface area (Å²) < 4.78 is 11.0. The van der Waals surface area contributed by atoms with E-state index in [2.05, 4.69) is 20.8 Å². The Hall–Kier alpha value is -0.910. The first-order valence-electron chi connectivity index (χ1n) is 6.42. The lowest BCUT2D eigenvalue weighted by molar-refractivity contribution is -0.107. The molecule has 1 saturated heterocycles. The van der Waals surface area contributed by atoms with Crippen LogP contribution in [0.5, 0.6) is 5.75 Å². The summed E-state index contributed by atoms with van der Waals surface area (Å²) in [4.78, 5) is 12.7. The largest absolute Gasteiger partial charge is 0.492 e. The van der Waals surface area contributed by atoms with Crippen LogP contribution < -0.4 is 4.74 Å². The highest BCUT2D eigenvalue weighted by Crippen LogP contribution is 2.22. The van der Waals surface area contributed by atoms with Gasteiger partial charge in [-0.15, -0.1) is 0 Å². The van der Waals surface area contributed by atoms with Gasteiger partial charge in [0.2, 0.25) is 0 Å². The van der Waals surface area contributed by atoms with Crippen molar-refractivity contribution < 1.29 is 14.3 Å². The van der Waals surface area contributed by atoms with Crippen LogP contribution in [0.2, 0.25) is 0 Å². The molecule has 5 heteroatoms. The average Bonchev–Trinajstić information content (AvgIpc) is 2.48. The normalized spacial score (nSPS) is 17.9. The summed E-state index contributed by atoms with van der Waals surface area (Å²) in [5, 5.41) is 0. The number of aldehydes is 1. The van der Waals surface area contributed by atoms with Crippen LogP contribution in [0.3, 0.4) is 0 Å². The molecule has 0 aromatic heterocycles. The lowest BCUT2D eigenvalue weighted by Crippen LogP contribution is -2.38. The van der Waals surface area contributed by atoms with Gasteiger partial charge in [0.15, 0.2) is 0 Å². The summed E-state index contributed by atoms with van der Waals surface area (Å²) in [7, 11) is 0. The second-order valence-electron chi connectivity index (χ2n) is 4.41. The van der Waals surface area contributed by atoms with E-state index in [-0.39, 0.29) is 4.83 Å². The van der Waals surface area contributed by atoms with Crippen molar-refractivity contribution in [3.8, 4) is 5.75 Å². The van der Waals surface area contributed by atoms with Crippen molar-refractivity contribution in [2.45, 2.75) is 4.83 Å². The van der Waals surface area contributed by atoms with Crippen LogP contribution >= 0.6 is 15.9 Å². The Balaban J connectivity index is 1.74. The van der Waals surface area contributed by atoms with Crippen LogP contribution in [-0.2, 0) is 9.53 Å². The standard InChI is InChI=1S/C14H18BrNO3/c15-14(11-17)12-1-3-13(4-2-12)19-10-7-16-5-8-18-9-6-16/h1-4,11,14H,5-10H2. The fourth-order valence-electron chi connectivity index (χ4n) is 1.94. The number of carbonyl (C=O) groups is 1. The van der Waals surface area contributed by atoms with Gasteiger partial charge in [0, 0.05) is 19.6 Å². The van der Waals surface area contributed by atoms with Crippen LogP contribution in [-0.4, -0.2) is 50.6 Å². The molecule has 1 fully saturated rings. The van der Waals surface area contributed by atoms with Crippen LogP contribution in [0.15, 0.2) is 24.3 Å². The third-order valence-corrected chi connectivity index (χ3v) is 3.84. The first-order valence-corrected chi connectivity index (χ1v) is 7.33. The lowest BCUT2D eigenvalue weighted by atomic mass is 10.2. The summed E-state index contributed by atoms with van der Waals surface area (Å²) in [6, 6.07) is 7.59. The number of carbonyl (C=O) groups excluding carboxylic acids is 1. The molecule has 4 nitrogen and oxygen atoms in total. The van der Waals surface area contributed by atoms with Crippen molar-refractivity contribution in [1.82, 2.24) is 4.90 Å². The molecule has 0 bridgehead atoms. The minimum Gasteiger partial charge on any atom is -0.492 e. The Kier molecular flexibility index (Phi) is 5.82. The van der Waals surface area contributed by atoms with E-state index in [4.69, 9.17) is 9.47 Å². The van der Waals surface area contributed by atoms with Crippen LogP contribution in [0, 0.1) is 0 Å². The fourth-order valence-corrected chi connectivity index (χ4v) is 2.25. The van der Waals surface area contributed by atoms with E-state index in [0.29, 0.717) is 6.61 Å². The fraction of sp³-hybridized carbons (Fsp3) is 0.500. The molecule has 1 aromatic rings. The predicted molar refractivity (Wildman–Crippen MR) is 76.9 cm³/mol. The zero-order chi connectivity index (χ0) is 13.5. The van der Waals surface area contributed by atoms with Crippen LogP contribution in [0.25, 0.3) is 0 Å². The number of hydrogen-bond acceptors (Lipinski definition) is 4. The molecule has 1 aliphatic rings. The molecule has 19 heavy (non-hydrogen) atoms. The zero-order valence-electron chi connectivity index (χ0n) is 10.8. The second-order valence-corrected chi connectivity index (χ2v) is 5.40. The van der Waals surface area contributed by atoms with E-state index in [9.17, 15) is 4.79 Å². The van der Waals surface area contributed by atoms with Gasteiger partial charge in [0.1, 0.15) is 18.6 Å². The monoisotopic (exact) mass is 327 g/mol. The molecule has 2 rings (SSSR count). The Morgan fingerprint density at radius 1 is 1.32 bits per heavy atom. The Bertz CT molecular complexity index is 390. The van der Waals surface area contributed by atoms with E-state index >= 15 is 0 Å². The topological polar surface area (TPSA) is 38.8 Å². The van der Waals surface area contributed by atoms with Crippen molar-refractivity contribution in [1.29, 1.82) is 0 Å². The third kappa shape index (κ3) is 4.60. The molecule has 0 saturated carbocycles. The minimum atomic E-state index is -0.241. The molecule has 1 atom stereocenters. The van der Waals surface area contributed by atoms with E-state index in [1.165, 1.54) is 0 Å². The first-order chi connectivity index (χ1) is 9.29. The first kappa shape index (κ1) is 14.5. The average molecular weight is 328 g/mol. The van der Waals surface area contributed by atoms with Gasteiger partial charge in [-0.2, -0.15) is 0 Å². The van der Waals surface area contributed by atoms with E-state index in [0.717, 1.165) is 50.4 Å². The molecule has 0 radical (unpaired) electrons. The smallest absolute Gasteiger partial charge is 0.138 e. The lowest BCUT2D eigenvalue weighted by Gasteiger charge is -2.26. The quantitative estimate of drug-likeness (QED) is 0.592. The maximum Gasteiger partial charge on any atom is 0.138 e. The number of nitrogens with zero attached hydrogens (tertiary/aromatic N) is 1. The molecule has 1 aromatic carbocycles. The Morgan fingerprint density at radius 3 is 2.63 bits per heavy atom. The highest BCUT2D eigenvalue weighted by atomic mass is 79.9. The molecule has 1 heterocycles.